The molecule has 0 spiro atoms. The number of nitrogens with one attached hydrogen (secondary N) is 1. The predicted octanol–water partition coefficient (Wildman–Crippen LogP) is 2.07. The molecule has 146 valence electrons. The summed E-state index contributed by atoms with van der Waals surface area (Å²) in [4.78, 5) is 23.7. The van der Waals surface area contributed by atoms with Crippen molar-refractivity contribution in [3.63, 3.8) is 0 Å². The molecule has 27 heavy (non-hydrogen) atoms. The van der Waals surface area contributed by atoms with Gasteiger partial charge in [-0.05, 0) is 25.5 Å². The second-order valence-electron chi connectivity index (χ2n) is 6.47. The van der Waals surface area contributed by atoms with Crippen molar-refractivity contribution < 1.29 is 27.2 Å². The first-order chi connectivity index (χ1) is 12.8. The van der Waals surface area contributed by atoms with E-state index in [9.17, 15) is 18.0 Å². The molecule has 2 aromatic rings. The van der Waals surface area contributed by atoms with Gasteiger partial charge in [0.1, 0.15) is 11.3 Å². The highest BCUT2D eigenvalue weighted by atomic mass is 32.2. The van der Waals surface area contributed by atoms with Gasteiger partial charge >= 0.3 is 5.97 Å². The fourth-order valence-corrected chi connectivity index (χ4v) is 6.28. The molecule has 0 radical (unpaired) electrons. The Bertz CT molecular complexity index is 903. The van der Waals surface area contributed by atoms with Crippen molar-refractivity contribution in [1.82, 2.24) is 5.32 Å². The Hall–Kier alpha value is -2.00. The maximum absolute atomic E-state index is 12.0. The molecule has 9 heteroatoms. The van der Waals surface area contributed by atoms with Gasteiger partial charge in [0.05, 0.1) is 23.3 Å². The lowest BCUT2D eigenvalue weighted by Crippen LogP contribution is -2.31. The first kappa shape index (κ1) is 19.8. The molecule has 1 aliphatic heterocycles. The number of furan rings is 1. The van der Waals surface area contributed by atoms with Crippen molar-refractivity contribution in [3.8, 4) is 0 Å². The molecule has 0 aliphatic carbocycles. The summed E-state index contributed by atoms with van der Waals surface area (Å²) < 4.78 is 33.4. The standard InChI is InChI=1S/C18H21NO6S2/c1-12(16-8-13-4-2-3-5-15(13)25-16)19-17(20)9-24-18(21)10-26-14-6-7-27(22,23)11-14/h2-5,8,12,14H,6-7,9-11H2,1H3,(H,19,20)/t12-,14-/m0/s1. The van der Waals surface area contributed by atoms with E-state index in [2.05, 4.69) is 5.32 Å². The summed E-state index contributed by atoms with van der Waals surface area (Å²) in [7, 11) is -2.96. The van der Waals surface area contributed by atoms with Gasteiger partial charge in [-0.3, -0.25) is 9.59 Å². The van der Waals surface area contributed by atoms with Gasteiger partial charge < -0.3 is 14.5 Å². The zero-order valence-corrected chi connectivity index (χ0v) is 16.5. The van der Waals surface area contributed by atoms with E-state index in [1.807, 2.05) is 30.3 Å². The van der Waals surface area contributed by atoms with Crippen LogP contribution in [0.3, 0.4) is 0 Å². The summed E-state index contributed by atoms with van der Waals surface area (Å²) in [5, 5.41) is 3.60. The van der Waals surface area contributed by atoms with E-state index >= 15 is 0 Å². The third-order valence-electron chi connectivity index (χ3n) is 4.24. The number of para-hydroxylation sites is 1. The van der Waals surface area contributed by atoms with Crippen molar-refractivity contribution in [2.24, 2.45) is 0 Å². The summed E-state index contributed by atoms with van der Waals surface area (Å²) in [6, 6.07) is 9.05. The zero-order valence-electron chi connectivity index (χ0n) is 14.8. The molecule has 1 aromatic carbocycles. The quantitative estimate of drug-likeness (QED) is 0.696. The normalized spacial score (nSPS) is 19.7. The second kappa shape index (κ2) is 8.35. The Labute approximate surface area is 161 Å². The molecule has 2 heterocycles. The summed E-state index contributed by atoms with van der Waals surface area (Å²) in [6.07, 6.45) is 0.551. The molecule has 0 saturated carbocycles. The average Bonchev–Trinajstić information content (AvgIpc) is 3.21. The molecule has 1 aromatic heterocycles. The van der Waals surface area contributed by atoms with Gasteiger partial charge in [-0.25, -0.2) is 8.42 Å². The monoisotopic (exact) mass is 411 g/mol. The van der Waals surface area contributed by atoms with Crippen molar-refractivity contribution >= 4 is 44.4 Å². The predicted molar refractivity (Wildman–Crippen MR) is 103 cm³/mol. The maximum atomic E-state index is 12.0. The van der Waals surface area contributed by atoms with Gasteiger partial charge in [-0.1, -0.05) is 18.2 Å². The number of sulfone groups is 1. The third-order valence-corrected chi connectivity index (χ3v) is 7.50. The van der Waals surface area contributed by atoms with E-state index in [0.717, 1.165) is 11.0 Å². The van der Waals surface area contributed by atoms with Crippen LogP contribution in [0.5, 0.6) is 0 Å². The number of ether oxygens (including phenoxy) is 1. The highest BCUT2D eigenvalue weighted by molar-refractivity contribution is 8.02. The Balaban J connectivity index is 1.40. The first-order valence-corrected chi connectivity index (χ1v) is 11.4. The van der Waals surface area contributed by atoms with Crippen LogP contribution >= 0.6 is 11.8 Å². The topological polar surface area (TPSA) is 103 Å². The number of hydrogen-bond acceptors (Lipinski definition) is 7. The van der Waals surface area contributed by atoms with Crippen molar-refractivity contribution in [3.05, 3.63) is 36.1 Å². The van der Waals surface area contributed by atoms with E-state index in [1.165, 1.54) is 11.8 Å². The van der Waals surface area contributed by atoms with Crippen molar-refractivity contribution in [2.75, 3.05) is 23.9 Å². The van der Waals surface area contributed by atoms with Crippen LogP contribution in [-0.4, -0.2) is 49.4 Å². The Kier molecular flexibility index (Phi) is 6.11. The van der Waals surface area contributed by atoms with Gasteiger partial charge in [0.2, 0.25) is 0 Å². The second-order valence-corrected chi connectivity index (χ2v) is 9.99. The Morgan fingerprint density at radius 2 is 2.15 bits per heavy atom. The van der Waals surface area contributed by atoms with Crippen LogP contribution in [0.15, 0.2) is 34.7 Å². The van der Waals surface area contributed by atoms with Gasteiger partial charge in [0.15, 0.2) is 16.4 Å². The minimum Gasteiger partial charge on any atom is -0.459 e. The van der Waals surface area contributed by atoms with Crippen LogP contribution in [0.25, 0.3) is 11.0 Å². The largest absolute Gasteiger partial charge is 0.459 e. The number of carbonyl (C=O) groups excluding carboxylic acids is 2. The van der Waals surface area contributed by atoms with Gasteiger partial charge in [-0.15, -0.1) is 11.8 Å². The SMILES string of the molecule is C[C@H](NC(=O)COC(=O)CS[C@H]1CCS(=O)(=O)C1)c1cc2ccccc2o1. The first-order valence-electron chi connectivity index (χ1n) is 8.58. The van der Waals surface area contributed by atoms with Crippen LogP contribution in [0.1, 0.15) is 25.1 Å². The fraction of sp³-hybridized carbons (Fsp3) is 0.444. The van der Waals surface area contributed by atoms with E-state index in [1.54, 1.807) is 6.92 Å². The number of carbonyl (C=O) groups is 2. The van der Waals surface area contributed by atoms with Crippen molar-refractivity contribution in [2.45, 2.75) is 24.6 Å². The molecular weight excluding hydrogens is 390 g/mol. The average molecular weight is 412 g/mol. The van der Waals surface area contributed by atoms with E-state index in [4.69, 9.17) is 9.15 Å². The number of hydrogen-bond donors (Lipinski definition) is 1. The lowest BCUT2D eigenvalue weighted by molar-refractivity contribution is -0.146. The molecule has 3 rings (SSSR count). The van der Waals surface area contributed by atoms with Crippen LogP contribution in [0.4, 0.5) is 0 Å². The van der Waals surface area contributed by atoms with Crippen LogP contribution in [0.2, 0.25) is 0 Å². The van der Waals surface area contributed by atoms with Crippen molar-refractivity contribution in [1.29, 1.82) is 0 Å². The molecule has 1 aliphatic rings. The number of amides is 1. The van der Waals surface area contributed by atoms with Gasteiger partial charge in [0.25, 0.3) is 5.91 Å². The highest BCUT2D eigenvalue weighted by Gasteiger charge is 2.28. The van der Waals surface area contributed by atoms with Crippen LogP contribution in [0, 0.1) is 0 Å². The minimum atomic E-state index is -2.96. The molecular formula is C18H21NO6S2. The van der Waals surface area contributed by atoms with Gasteiger partial charge in [-0.2, -0.15) is 0 Å². The fourth-order valence-electron chi connectivity index (χ4n) is 2.84. The molecule has 1 saturated heterocycles. The lowest BCUT2D eigenvalue weighted by Gasteiger charge is -2.12. The molecule has 1 N–H and O–H groups in total. The summed E-state index contributed by atoms with van der Waals surface area (Å²) in [5.74, 6) is -0.0380. The third kappa shape index (κ3) is 5.49. The number of thioether (sulfide) groups is 1. The highest BCUT2D eigenvalue weighted by Crippen LogP contribution is 2.25. The van der Waals surface area contributed by atoms with Gasteiger partial charge in [0, 0.05) is 10.6 Å². The molecule has 0 bridgehead atoms. The van der Waals surface area contributed by atoms with Crippen LogP contribution in [-0.2, 0) is 24.2 Å². The molecule has 0 unspecified atom stereocenters. The molecule has 7 nitrogen and oxygen atoms in total. The van der Waals surface area contributed by atoms with E-state index in [0.29, 0.717) is 12.2 Å². The maximum Gasteiger partial charge on any atom is 0.316 e. The number of rotatable bonds is 7. The van der Waals surface area contributed by atoms with Crippen LogP contribution < -0.4 is 5.32 Å². The lowest BCUT2D eigenvalue weighted by atomic mass is 10.2. The molecule has 2 atom stereocenters. The number of fused-ring (bicyclic) bond motifs is 1. The molecule has 1 fully saturated rings. The smallest absolute Gasteiger partial charge is 0.316 e. The summed E-state index contributed by atoms with van der Waals surface area (Å²) >= 11 is 1.26. The summed E-state index contributed by atoms with van der Waals surface area (Å²) in [6.45, 7) is 1.40. The number of esters is 1. The van der Waals surface area contributed by atoms with E-state index < -0.39 is 21.7 Å². The number of benzene rings is 1. The Morgan fingerprint density at radius 3 is 2.85 bits per heavy atom. The van der Waals surface area contributed by atoms with E-state index in [-0.39, 0.29) is 35.2 Å². The Morgan fingerprint density at radius 1 is 1.37 bits per heavy atom. The minimum absolute atomic E-state index is 0.0343. The zero-order chi connectivity index (χ0) is 19.4. The summed E-state index contributed by atoms with van der Waals surface area (Å²) in [5.41, 5.74) is 0.742. The molecule has 1 amide bonds.